The summed E-state index contributed by atoms with van der Waals surface area (Å²) in [7, 11) is 1.52. The van der Waals surface area contributed by atoms with Crippen molar-refractivity contribution >= 4 is 13.7 Å². The van der Waals surface area contributed by atoms with Gasteiger partial charge < -0.3 is 19.8 Å². The lowest BCUT2D eigenvalue weighted by atomic mass is 10.1. The van der Waals surface area contributed by atoms with Gasteiger partial charge >= 0.3 is 7.82 Å². The van der Waals surface area contributed by atoms with Crippen molar-refractivity contribution in [3.05, 3.63) is 122 Å². The Hall–Kier alpha value is -3.10. The largest absolute Gasteiger partial charge is 0.472 e. The average molecular weight is 980 g/mol. The minimum atomic E-state index is -4.37. The number of phosphoric acid groups is 1. The van der Waals surface area contributed by atoms with Gasteiger partial charge in [0.25, 0.3) is 0 Å². The Kier molecular flexibility index (Phi) is 47.6. The highest BCUT2D eigenvalue weighted by Gasteiger charge is 2.27. The summed E-state index contributed by atoms with van der Waals surface area (Å²) in [5.74, 6) is -0.204. The zero-order chi connectivity index (χ0) is 50.6. The first-order chi connectivity index (χ1) is 33.5. The van der Waals surface area contributed by atoms with Crippen LogP contribution in [-0.4, -0.2) is 73.4 Å². The maximum absolute atomic E-state index is 13.0. The van der Waals surface area contributed by atoms with E-state index in [1.807, 2.05) is 27.2 Å². The zero-order valence-electron chi connectivity index (χ0n) is 44.8. The van der Waals surface area contributed by atoms with E-state index < -0.39 is 20.0 Å². The van der Waals surface area contributed by atoms with Crippen LogP contribution in [0, 0.1) is 0 Å². The molecule has 0 saturated carbocycles. The van der Waals surface area contributed by atoms with Crippen LogP contribution in [0.3, 0.4) is 0 Å². The molecule has 0 aromatic carbocycles. The summed E-state index contributed by atoms with van der Waals surface area (Å²) in [4.78, 5) is 23.2. The lowest BCUT2D eigenvalue weighted by Gasteiger charge is -2.25. The normalized spacial score (nSPS) is 14.9. The summed E-state index contributed by atoms with van der Waals surface area (Å²) >= 11 is 0. The molecule has 1 amide bonds. The van der Waals surface area contributed by atoms with Gasteiger partial charge in [0.1, 0.15) is 13.2 Å². The molecule has 3 atom stereocenters. The van der Waals surface area contributed by atoms with E-state index in [1.54, 1.807) is 6.08 Å². The van der Waals surface area contributed by atoms with Gasteiger partial charge in [0.05, 0.1) is 39.9 Å². The number of nitrogens with zero attached hydrogens (tertiary/aromatic N) is 1. The molecule has 0 aliphatic rings. The Morgan fingerprint density at radius 2 is 0.884 bits per heavy atom. The third kappa shape index (κ3) is 52.6. The van der Waals surface area contributed by atoms with E-state index in [0.717, 1.165) is 96.3 Å². The fourth-order valence-electron chi connectivity index (χ4n) is 7.11. The van der Waals surface area contributed by atoms with Crippen LogP contribution in [-0.2, 0) is 18.4 Å². The molecule has 394 valence electrons. The lowest BCUT2D eigenvalue weighted by Crippen LogP contribution is -2.45. The Morgan fingerprint density at radius 3 is 1.33 bits per heavy atom. The Balaban J connectivity index is 4.29. The number of hydrogen-bond acceptors (Lipinski definition) is 5. The van der Waals surface area contributed by atoms with Gasteiger partial charge in [0.2, 0.25) is 5.91 Å². The van der Waals surface area contributed by atoms with Crippen LogP contribution >= 0.6 is 7.82 Å². The molecule has 9 heteroatoms. The fraction of sp³-hybridized carbons (Fsp3) is 0.650. The van der Waals surface area contributed by atoms with E-state index >= 15 is 0 Å². The summed E-state index contributed by atoms with van der Waals surface area (Å²) in [6, 6.07) is -0.882. The van der Waals surface area contributed by atoms with E-state index in [0.29, 0.717) is 17.4 Å². The standard InChI is InChI=1S/C60H103N2O6P/c1-6-8-10-12-14-16-18-20-22-24-25-26-27-28-29-30-31-32-33-34-35-36-37-38-40-42-44-46-48-50-52-54-60(64)61-58(57-68-69(65,66)67-56-55-62(3,4)5)59(63)53-51-49-47-45-43-41-39-23-21-19-17-15-13-11-9-7-2/h8,10,14,16,20-23,25-26,28-29,31-32,34-35,43,45,51,53,58-59,63H,6-7,9,11-13,15,17-19,24,27,30,33,36-42,44,46-50,52,54-57H2,1-5H3,(H-,61,64,65,66)/p+1/b10-8-,16-14-,22-20-,23-21+,26-25-,29-28-,32-31-,35-34-,45-43+,53-51+. The molecule has 0 radical (unpaired) electrons. The van der Waals surface area contributed by atoms with Gasteiger partial charge in [-0.05, 0) is 103 Å². The van der Waals surface area contributed by atoms with Crippen LogP contribution in [0.15, 0.2) is 122 Å². The number of aliphatic hydroxyl groups is 1. The molecule has 0 aromatic rings. The maximum Gasteiger partial charge on any atom is 0.472 e. The topological polar surface area (TPSA) is 105 Å². The first-order valence-corrected chi connectivity index (χ1v) is 28.9. The van der Waals surface area contributed by atoms with E-state index in [9.17, 15) is 19.4 Å². The van der Waals surface area contributed by atoms with E-state index in [2.05, 4.69) is 129 Å². The van der Waals surface area contributed by atoms with Crippen molar-refractivity contribution in [1.29, 1.82) is 0 Å². The molecular weight excluding hydrogens is 876 g/mol. The number of carbonyl (C=O) groups excluding carboxylic acids is 1. The molecule has 0 aliphatic heterocycles. The molecule has 0 heterocycles. The number of unbranched alkanes of at least 4 members (excludes halogenated alkanes) is 17. The number of quaternary nitrogens is 1. The molecule has 3 unspecified atom stereocenters. The number of allylic oxidation sites excluding steroid dienone is 19. The molecular formula is C60H104N2O6P+. The second kappa shape index (κ2) is 49.9. The summed E-state index contributed by atoms with van der Waals surface area (Å²) in [6.45, 7) is 4.64. The van der Waals surface area contributed by atoms with Gasteiger partial charge in [0.15, 0.2) is 0 Å². The summed E-state index contributed by atoms with van der Waals surface area (Å²) in [6.07, 6.45) is 74.3. The van der Waals surface area contributed by atoms with E-state index in [1.165, 1.54) is 83.5 Å². The van der Waals surface area contributed by atoms with E-state index in [-0.39, 0.29) is 19.1 Å². The zero-order valence-corrected chi connectivity index (χ0v) is 45.6. The van der Waals surface area contributed by atoms with Gasteiger partial charge in [-0.3, -0.25) is 13.8 Å². The van der Waals surface area contributed by atoms with Crippen molar-refractivity contribution in [3.8, 4) is 0 Å². The first-order valence-electron chi connectivity index (χ1n) is 27.4. The number of hydrogen-bond donors (Lipinski definition) is 3. The molecule has 0 fully saturated rings. The number of amides is 1. The first kappa shape index (κ1) is 65.9. The van der Waals surface area contributed by atoms with Crippen molar-refractivity contribution in [2.75, 3.05) is 40.9 Å². The van der Waals surface area contributed by atoms with Crippen molar-refractivity contribution in [2.24, 2.45) is 0 Å². The van der Waals surface area contributed by atoms with Crippen molar-refractivity contribution < 1.29 is 32.9 Å². The van der Waals surface area contributed by atoms with Crippen LogP contribution in [0.1, 0.15) is 200 Å². The minimum Gasteiger partial charge on any atom is -0.387 e. The van der Waals surface area contributed by atoms with E-state index in [4.69, 9.17) is 9.05 Å². The number of likely N-dealkylation sites (N-methyl/N-ethyl adjacent to an activating group) is 1. The van der Waals surface area contributed by atoms with Crippen LogP contribution in [0.4, 0.5) is 0 Å². The molecule has 0 saturated heterocycles. The molecule has 8 nitrogen and oxygen atoms in total. The number of nitrogens with one attached hydrogen (secondary N) is 1. The van der Waals surface area contributed by atoms with Crippen LogP contribution in [0.5, 0.6) is 0 Å². The quantitative estimate of drug-likeness (QED) is 0.0243. The van der Waals surface area contributed by atoms with Crippen LogP contribution < -0.4 is 5.32 Å². The third-order valence-electron chi connectivity index (χ3n) is 11.4. The van der Waals surface area contributed by atoms with Crippen LogP contribution in [0.25, 0.3) is 0 Å². The Bertz CT molecular complexity index is 1530. The van der Waals surface area contributed by atoms with Gasteiger partial charge in [0, 0.05) is 6.42 Å². The summed E-state index contributed by atoms with van der Waals surface area (Å²) < 4.78 is 23.6. The van der Waals surface area contributed by atoms with Crippen molar-refractivity contribution in [2.45, 2.75) is 212 Å². The molecule has 0 rings (SSSR count). The van der Waals surface area contributed by atoms with Crippen LogP contribution in [0.2, 0.25) is 0 Å². The molecule has 0 aromatic heterocycles. The molecule has 0 spiro atoms. The average Bonchev–Trinajstić information content (AvgIpc) is 3.31. The molecule has 0 bridgehead atoms. The lowest BCUT2D eigenvalue weighted by molar-refractivity contribution is -0.870. The fourth-order valence-corrected chi connectivity index (χ4v) is 7.85. The predicted octanol–water partition coefficient (Wildman–Crippen LogP) is 16.6. The number of rotatable bonds is 48. The van der Waals surface area contributed by atoms with Gasteiger partial charge in [-0.1, -0.05) is 212 Å². The minimum absolute atomic E-state index is 0.0458. The third-order valence-corrected chi connectivity index (χ3v) is 12.4. The van der Waals surface area contributed by atoms with Gasteiger partial charge in [-0.2, -0.15) is 0 Å². The molecule has 0 aliphatic carbocycles. The molecule has 3 N–H and O–H groups in total. The highest BCUT2D eigenvalue weighted by molar-refractivity contribution is 7.47. The summed E-state index contributed by atoms with van der Waals surface area (Å²) in [5.41, 5.74) is 0. The summed E-state index contributed by atoms with van der Waals surface area (Å²) in [5, 5.41) is 13.9. The van der Waals surface area contributed by atoms with Crippen molar-refractivity contribution in [1.82, 2.24) is 5.32 Å². The Labute approximate surface area is 424 Å². The highest BCUT2D eigenvalue weighted by Crippen LogP contribution is 2.43. The van der Waals surface area contributed by atoms with Gasteiger partial charge in [-0.15, -0.1) is 0 Å². The smallest absolute Gasteiger partial charge is 0.387 e. The second-order valence-electron chi connectivity index (χ2n) is 19.2. The number of phosphoric ester groups is 1. The predicted molar refractivity (Wildman–Crippen MR) is 299 cm³/mol. The van der Waals surface area contributed by atoms with Crippen molar-refractivity contribution in [3.63, 3.8) is 0 Å². The molecule has 69 heavy (non-hydrogen) atoms. The van der Waals surface area contributed by atoms with Gasteiger partial charge in [-0.25, -0.2) is 4.57 Å². The monoisotopic (exact) mass is 980 g/mol. The Morgan fingerprint density at radius 1 is 0.507 bits per heavy atom. The number of aliphatic hydroxyl groups excluding tert-OH is 1. The SMILES string of the molecule is CC/C=C\C/C=C\C/C=C\C/C=C\C/C=C\C/C=C\C/C=C\CCCCCCCCCCCC(=O)NC(COP(=O)(O)OCC[N+](C)(C)C)C(O)/C=C/CC/C=C/CC/C=C/CCCCCCCC. The highest BCUT2D eigenvalue weighted by atomic mass is 31.2. The second-order valence-corrected chi connectivity index (χ2v) is 20.7. The maximum atomic E-state index is 13.0. The number of carbonyl (C=O) groups is 1.